The van der Waals surface area contributed by atoms with Crippen molar-refractivity contribution in [3.8, 4) is 5.75 Å². The van der Waals surface area contributed by atoms with Gasteiger partial charge in [-0.25, -0.2) is 8.42 Å². The van der Waals surface area contributed by atoms with Crippen molar-refractivity contribution in [3.05, 3.63) is 23.8 Å². The summed E-state index contributed by atoms with van der Waals surface area (Å²) in [5, 5.41) is 3.22. The van der Waals surface area contributed by atoms with Crippen molar-refractivity contribution in [2.75, 3.05) is 26.7 Å². The minimum Gasteiger partial charge on any atom is -0.495 e. The maximum Gasteiger partial charge on any atom is 0.246 e. The van der Waals surface area contributed by atoms with Crippen LogP contribution in [0.1, 0.15) is 25.8 Å². The van der Waals surface area contributed by atoms with Crippen molar-refractivity contribution in [3.63, 3.8) is 0 Å². The molecule has 0 bridgehead atoms. The molecule has 118 valence electrons. The fraction of sp³-hybridized carbons (Fsp3) is 0.600. The number of hydrogen-bond acceptors (Lipinski definition) is 4. The number of benzene rings is 1. The van der Waals surface area contributed by atoms with Gasteiger partial charge in [-0.05, 0) is 36.6 Å². The summed E-state index contributed by atoms with van der Waals surface area (Å²) in [6.07, 6.45) is 0.917. The molecule has 1 atom stereocenters. The van der Waals surface area contributed by atoms with Gasteiger partial charge in [-0.1, -0.05) is 19.9 Å². The van der Waals surface area contributed by atoms with E-state index in [1.165, 1.54) is 7.11 Å². The molecule has 0 saturated carbocycles. The second-order valence-electron chi connectivity index (χ2n) is 5.52. The molecule has 0 amide bonds. The van der Waals surface area contributed by atoms with Crippen LogP contribution in [0.5, 0.6) is 5.75 Å². The Bertz CT molecular complexity index is 587. The van der Waals surface area contributed by atoms with Gasteiger partial charge in [0.15, 0.2) is 0 Å². The Morgan fingerprint density at radius 1 is 1.43 bits per heavy atom. The van der Waals surface area contributed by atoms with E-state index in [0.717, 1.165) is 18.5 Å². The molecule has 1 aliphatic heterocycles. The van der Waals surface area contributed by atoms with Gasteiger partial charge >= 0.3 is 0 Å². The lowest BCUT2D eigenvalue weighted by atomic mass is 10.2. The first-order valence-electron chi connectivity index (χ1n) is 7.36. The van der Waals surface area contributed by atoms with Crippen LogP contribution in [-0.4, -0.2) is 39.5 Å². The number of sulfonamides is 1. The van der Waals surface area contributed by atoms with Crippen LogP contribution in [0, 0.1) is 5.92 Å². The average molecular weight is 312 g/mol. The standard InChI is InChI=1S/C15H24N2O3S/c1-4-16-10-13-5-6-15(14(9-13)20-3)21(18,19)17-8-7-12(2)11-17/h5-6,9,12,16H,4,7-8,10-11H2,1-3H3. The number of rotatable bonds is 6. The summed E-state index contributed by atoms with van der Waals surface area (Å²) >= 11 is 0. The number of nitrogens with zero attached hydrogens (tertiary/aromatic N) is 1. The van der Waals surface area contributed by atoms with E-state index < -0.39 is 10.0 Å². The molecule has 2 rings (SSSR count). The normalized spacial score (nSPS) is 19.9. The molecule has 1 fully saturated rings. The van der Waals surface area contributed by atoms with E-state index in [2.05, 4.69) is 12.2 Å². The van der Waals surface area contributed by atoms with Crippen LogP contribution in [0.2, 0.25) is 0 Å². The average Bonchev–Trinajstić information content (AvgIpc) is 2.92. The molecule has 1 saturated heterocycles. The third-order valence-electron chi connectivity index (χ3n) is 3.81. The van der Waals surface area contributed by atoms with Gasteiger partial charge in [0.05, 0.1) is 7.11 Å². The quantitative estimate of drug-likeness (QED) is 0.871. The Kier molecular flexibility index (Phi) is 5.24. The molecular weight excluding hydrogens is 288 g/mol. The van der Waals surface area contributed by atoms with E-state index in [9.17, 15) is 8.42 Å². The Morgan fingerprint density at radius 2 is 2.19 bits per heavy atom. The fourth-order valence-electron chi connectivity index (χ4n) is 2.56. The molecule has 1 unspecified atom stereocenters. The molecule has 0 aromatic heterocycles. The fourth-order valence-corrected chi connectivity index (χ4v) is 4.27. The molecule has 0 spiro atoms. The Labute approximate surface area is 127 Å². The highest BCUT2D eigenvalue weighted by Gasteiger charge is 2.32. The molecule has 1 N–H and O–H groups in total. The van der Waals surface area contributed by atoms with Crippen molar-refractivity contribution >= 4 is 10.0 Å². The van der Waals surface area contributed by atoms with Crippen LogP contribution in [-0.2, 0) is 16.6 Å². The summed E-state index contributed by atoms with van der Waals surface area (Å²) in [6, 6.07) is 5.30. The lowest BCUT2D eigenvalue weighted by Gasteiger charge is -2.18. The van der Waals surface area contributed by atoms with E-state index in [1.807, 2.05) is 13.0 Å². The zero-order valence-corrected chi connectivity index (χ0v) is 13.7. The van der Waals surface area contributed by atoms with Crippen molar-refractivity contribution in [2.24, 2.45) is 5.92 Å². The van der Waals surface area contributed by atoms with E-state index in [4.69, 9.17) is 4.74 Å². The highest BCUT2D eigenvalue weighted by Crippen LogP contribution is 2.30. The van der Waals surface area contributed by atoms with Gasteiger partial charge in [-0.2, -0.15) is 4.31 Å². The Morgan fingerprint density at radius 3 is 2.76 bits per heavy atom. The highest BCUT2D eigenvalue weighted by atomic mass is 32.2. The first kappa shape index (κ1) is 16.3. The third-order valence-corrected chi connectivity index (χ3v) is 5.72. The second-order valence-corrected chi connectivity index (χ2v) is 7.43. The van der Waals surface area contributed by atoms with Gasteiger partial charge in [-0.15, -0.1) is 0 Å². The second kappa shape index (κ2) is 6.77. The number of methoxy groups -OCH3 is 1. The van der Waals surface area contributed by atoms with E-state index in [1.54, 1.807) is 16.4 Å². The highest BCUT2D eigenvalue weighted by molar-refractivity contribution is 7.89. The molecule has 0 radical (unpaired) electrons. The zero-order valence-electron chi connectivity index (χ0n) is 12.9. The summed E-state index contributed by atoms with van der Waals surface area (Å²) < 4.78 is 32.3. The minimum absolute atomic E-state index is 0.263. The van der Waals surface area contributed by atoms with Crippen LogP contribution in [0.15, 0.2) is 23.1 Å². The van der Waals surface area contributed by atoms with Crippen molar-refractivity contribution in [1.29, 1.82) is 0 Å². The summed E-state index contributed by atoms with van der Waals surface area (Å²) in [4.78, 5) is 0.263. The smallest absolute Gasteiger partial charge is 0.246 e. The number of hydrogen-bond donors (Lipinski definition) is 1. The molecule has 6 heteroatoms. The molecule has 1 aliphatic rings. The van der Waals surface area contributed by atoms with Crippen LogP contribution < -0.4 is 10.1 Å². The van der Waals surface area contributed by atoms with E-state index >= 15 is 0 Å². The summed E-state index contributed by atoms with van der Waals surface area (Å²) in [6.45, 7) is 6.86. The summed E-state index contributed by atoms with van der Waals surface area (Å²) in [7, 11) is -1.95. The Hall–Kier alpha value is -1.11. The lowest BCUT2D eigenvalue weighted by molar-refractivity contribution is 0.397. The van der Waals surface area contributed by atoms with Crippen LogP contribution in [0.25, 0.3) is 0 Å². The van der Waals surface area contributed by atoms with E-state index in [0.29, 0.717) is 31.3 Å². The van der Waals surface area contributed by atoms with Crippen molar-refractivity contribution in [1.82, 2.24) is 9.62 Å². The summed E-state index contributed by atoms with van der Waals surface area (Å²) in [5.74, 6) is 0.837. The zero-order chi connectivity index (χ0) is 15.5. The predicted molar refractivity (Wildman–Crippen MR) is 82.9 cm³/mol. The molecule has 1 aromatic carbocycles. The maximum absolute atomic E-state index is 12.7. The first-order valence-corrected chi connectivity index (χ1v) is 8.80. The predicted octanol–water partition coefficient (Wildman–Crippen LogP) is 1.84. The van der Waals surface area contributed by atoms with Gasteiger partial charge < -0.3 is 10.1 Å². The largest absolute Gasteiger partial charge is 0.495 e. The molecule has 5 nitrogen and oxygen atoms in total. The van der Waals surface area contributed by atoms with Gasteiger partial charge in [0.25, 0.3) is 0 Å². The molecule has 0 aliphatic carbocycles. The van der Waals surface area contributed by atoms with Gasteiger partial charge in [0.1, 0.15) is 10.6 Å². The van der Waals surface area contributed by atoms with Crippen molar-refractivity contribution in [2.45, 2.75) is 31.7 Å². The SMILES string of the molecule is CCNCc1ccc(S(=O)(=O)N2CCC(C)C2)c(OC)c1. The number of nitrogens with one attached hydrogen (secondary N) is 1. The molecule has 1 heterocycles. The maximum atomic E-state index is 12.7. The van der Waals surface area contributed by atoms with Crippen LogP contribution >= 0.6 is 0 Å². The Balaban J connectivity index is 2.30. The molecular formula is C15H24N2O3S. The van der Waals surface area contributed by atoms with Gasteiger partial charge in [0, 0.05) is 19.6 Å². The van der Waals surface area contributed by atoms with Crippen LogP contribution in [0.3, 0.4) is 0 Å². The number of ether oxygens (including phenoxy) is 1. The first-order chi connectivity index (χ1) is 9.98. The molecule has 1 aromatic rings. The topological polar surface area (TPSA) is 58.6 Å². The third kappa shape index (κ3) is 3.56. The molecule has 21 heavy (non-hydrogen) atoms. The summed E-state index contributed by atoms with van der Waals surface area (Å²) in [5.41, 5.74) is 1.02. The van der Waals surface area contributed by atoms with Gasteiger partial charge in [0.2, 0.25) is 10.0 Å². The minimum atomic E-state index is -3.46. The van der Waals surface area contributed by atoms with E-state index in [-0.39, 0.29) is 4.90 Å². The van der Waals surface area contributed by atoms with Crippen LogP contribution in [0.4, 0.5) is 0 Å². The monoisotopic (exact) mass is 312 g/mol. The van der Waals surface area contributed by atoms with Gasteiger partial charge in [-0.3, -0.25) is 0 Å². The lowest BCUT2D eigenvalue weighted by Crippen LogP contribution is -2.29. The van der Waals surface area contributed by atoms with Crippen molar-refractivity contribution < 1.29 is 13.2 Å².